The monoisotopic (exact) mass is 646 g/mol. The lowest BCUT2D eigenvalue weighted by atomic mass is 9.77. The highest BCUT2D eigenvalue weighted by Crippen LogP contribution is 2.41. The SMILES string of the molecule is CCc1nc(C(=O)NC[C@]2(O)CC[C@@H](C)C[C@H]2O)c(Cl)n1-c1ncc(CC(C)(C)C(F)(F)F)cc1OC(F)F.O=S=O. The molecule has 1 aliphatic carbocycles. The number of aryl methyl sites for hydroxylation is 1. The number of amides is 1. The van der Waals surface area contributed by atoms with E-state index < -0.39 is 59.6 Å². The number of nitrogens with zero attached hydrogens (tertiary/aromatic N) is 3. The molecule has 1 saturated carbocycles. The summed E-state index contributed by atoms with van der Waals surface area (Å²) in [6, 6.07) is 1.03. The lowest BCUT2D eigenvalue weighted by Crippen LogP contribution is -2.54. The fraction of sp³-hybridized carbons (Fsp3) is 0.640. The van der Waals surface area contributed by atoms with Crippen molar-refractivity contribution in [3.63, 3.8) is 0 Å². The molecule has 1 fully saturated rings. The van der Waals surface area contributed by atoms with Crippen LogP contribution in [-0.2, 0) is 24.4 Å². The molecule has 3 N–H and O–H groups in total. The molecule has 0 bridgehead atoms. The molecular formula is C25H32ClF5N4O6S. The number of carbonyl (C=O) groups is 1. The molecule has 3 atom stereocenters. The van der Waals surface area contributed by atoms with Crippen molar-refractivity contribution in [2.24, 2.45) is 11.3 Å². The van der Waals surface area contributed by atoms with Crippen molar-refractivity contribution in [1.82, 2.24) is 19.9 Å². The van der Waals surface area contributed by atoms with E-state index in [0.29, 0.717) is 12.8 Å². The first kappa shape index (κ1) is 35.5. The van der Waals surface area contributed by atoms with Crippen molar-refractivity contribution in [2.75, 3.05) is 6.54 Å². The number of aliphatic hydroxyl groups is 2. The molecule has 0 aliphatic heterocycles. The van der Waals surface area contributed by atoms with Gasteiger partial charge in [-0.3, -0.25) is 9.36 Å². The van der Waals surface area contributed by atoms with Gasteiger partial charge in [0, 0.05) is 19.2 Å². The maximum absolute atomic E-state index is 13.4. The molecule has 10 nitrogen and oxygen atoms in total. The Morgan fingerprint density at radius 2 is 1.95 bits per heavy atom. The molecule has 0 unspecified atom stereocenters. The van der Waals surface area contributed by atoms with E-state index in [9.17, 15) is 37.0 Å². The van der Waals surface area contributed by atoms with Gasteiger partial charge in [0.25, 0.3) is 5.91 Å². The lowest BCUT2D eigenvalue weighted by Gasteiger charge is -2.39. The largest absolute Gasteiger partial charge is 0.431 e. The minimum absolute atomic E-state index is 0.00224. The predicted octanol–water partition coefficient (Wildman–Crippen LogP) is 4.19. The number of aliphatic hydroxyl groups excluding tert-OH is 1. The summed E-state index contributed by atoms with van der Waals surface area (Å²) in [6.45, 7) is 1.97. The van der Waals surface area contributed by atoms with Crippen LogP contribution in [0.15, 0.2) is 12.3 Å². The highest BCUT2D eigenvalue weighted by molar-refractivity contribution is 7.51. The number of aromatic nitrogens is 3. The summed E-state index contributed by atoms with van der Waals surface area (Å²) in [6.07, 6.45) is -3.58. The van der Waals surface area contributed by atoms with Crippen LogP contribution < -0.4 is 10.1 Å². The van der Waals surface area contributed by atoms with E-state index in [2.05, 4.69) is 20.0 Å². The van der Waals surface area contributed by atoms with Crippen LogP contribution >= 0.6 is 11.6 Å². The van der Waals surface area contributed by atoms with Crippen LogP contribution in [0.1, 0.15) is 68.8 Å². The molecular weight excluding hydrogens is 615 g/mol. The van der Waals surface area contributed by atoms with E-state index in [0.717, 1.165) is 30.7 Å². The molecule has 236 valence electrons. The van der Waals surface area contributed by atoms with Gasteiger partial charge in [0.05, 0.1) is 11.5 Å². The highest BCUT2D eigenvalue weighted by Gasteiger charge is 2.47. The second kappa shape index (κ2) is 14.2. The summed E-state index contributed by atoms with van der Waals surface area (Å²) in [7, 11) is 0. The molecule has 3 rings (SSSR count). The van der Waals surface area contributed by atoms with Crippen molar-refractivity contribution in [3.8, 4) is 11.6 Å². The fourth-order valence-electron chi connectivity index (χ4n) is 4.48. The van der Waals surface area contributed by atoms with Gasteiger partial charge in [0.15, 0.2) is 17.3 Å². The van der Waals surface area contributed by atoms with E-state index in [4.69, 9.17) is 20.0 Å². The molecule has 17 heteroatoms. The van der Waals surface area contributed by atoms with Crippen LogP contribution in [0.4, 0.5) is 22.0 Å². The zero-order chi connectivity index (χ0) is 32.0. The van der Waals surface area contributed by atoms with E-state index >= 15 is 0 Å². The molecule has 1 amide bonds. The van der Waals surface area contributed by atoms with Gasteiger partial charge in [-0.25, -0.2) is 9.97 Å². The van der Waals surface area contributed by atoms with Crippen LogP contribution in [0.3, 0.4) is 0 Å². The van der Waals surface area contributed by atoms with Gasteiger partial charge in [0.1, 0.15) is 16.6 Å². The normalized spacial score (nSPS) is 21.0. The number of carbonyl (C=O) groups excluding carboxylic acids is 1. The number of pyridine rings is 1. The van der Waals surface area contributed by atoms with Gasteiger partial charge < -0.3 is 20.3 Å². The zero-order valence-electron chi connectivity index (χ0n) is 23.2. The summed E-state index contributed by atoms with van der Waals surface area (Å²) in [5, 5.41) is 23.3. The number of rotatable bonds is 9. The molecule has 0 spiro atoms. The van der Waals surface area contributed by atoms with Crippen molar-refractivity contribution in [3.05, 3.63) is 34.5 Å². The minimum atomic E-state index is -4.56. The average molecular weight is 647 g/mol. The first-order valence-electron chi connectivity index (χ1n) is 12.8. The maximum atomic E-state index is 13.4. The standard InChI is InChI=1S/C25H32ClF5N4O4.O2S/c1-5-17-34-18(21(37)33-12-24(38)7-6-13(2)8-16(24)36)19(26)35(17)20-15(39-22(27)28)9-14(11-32-20)10-23(3,4)25(29,30)31;1-3-2/h9,11,13,16,22,36,38H,5-8,10,12H2,1-4H3,(H,33,37);/t13-,16-,24-;/m1./s1. The predicted molar refractivity (Wildman–Crippen MR) is 141 cm³/mol. The van der Waals surface area contributed by atoms with Crippen LogP contribution in [0.5, 0.6) is 5.75 Å². The molecule has 2 aromatic heterocycles. The van der Waals surface area contributed by atoms with Crippen molar-refractivity contribution in [1.29, 1.82) is 0 Å². The topological polar surface area (TPSA) is 144 Å². The van der Waals surface area contributed by atoms with Crippen molar-refractivity contribution < 1.29 is 50.1 Å². The van der Waals surface area contributed by atoms with E-state index in [1.807, 2.05) is 6.92 Å². The third kappa shape index (κ3) is 8.45. The minimum Gasteiger partial charge on any atom is -0.431 e. The van der Waals surface area contributed by atoms with Crippen molar-refractivity contribution in [2.45, 2.75) is 84.3 Å². The van der Waals surface area contributed by atoms with Gasteiger partial charge in [-0.2, -0.15) is 30.4 Å². The number of ether oxygens (including phenoxy) is 1. The van der Waals surface area contributed by atoms with Crippen LogP contribution in [0, 0.1) is 11.3 Å². The summed E-state index contributed by atoms with van der Waals surface area (Å²) in [4.78, 5) is 21.2. The molecule has 1 aliphatic rings. The summed E-state index contributed by atoms with van der Waals surface area (Å²) >= 11 is 5.70. The number of hydrogen-bond donors (Lipinski definition) is 3. The third-order valence-corrected chi connectivity index (χ3v) is 7.37. The molecule has 0 aromatic carbocycles. The lowest BCUT2D eigenvalue weighted by molar-refractivity contribution is -0.211. The highest BCUT2D eigenvalue weighted by atomic mass is 35.5. The molecule has 0 radical (unpaired) electrons. The summed E-state index contributed by atoms with van der Waals surface area (Å²) in [5.74, 6) is -1.25. The first-order chi connectivity index (χ1) is 19.4. The second-order valence-electron chi connectivity index (χ2n) is 10.7. The Labute approximate surface area is 247 Å². The molecule has 42 heavy (non-hydrogen) atoms. The second-order valence-corrected chi connectivity index (χ2v) is 11.2. The van der Waals surface area contributed by atoms with Crippen LogP contribution in [-0.4, -0.2) is 70.1 Å². The number of nitrogens with one attached hydrogen (secondary N) is 1. The smallest absolute Gasteiger partial charge is 0.394 e. The van der Waals surface area contributed by atoms with Crippen LogP contribution in [0.2, 0.25) is 5.15 Å². The maximum Gasteiger partial charge on any atom is 0.394 e. The molecule has 0 saturated heterocycles. The average Bonchev–Trinajstić information content (AvgIpc) is 3.21. The Hall–Kier alpha value is -2.69. The van der Waals surface area contributed by atoms with E-state index in [1.165, 1.54) is 0 Å². The summed E-state index contributed by atoms with van der Waals surface area (Å²) < 4.78 is 88.9. The zero-order valence-corrected chi connectivity index (χ0v) is 24.7. The van der Waals surface area contributed by atoms with E-state index in [-0.39, 0.29) is 53.4 Å². The fourth-order valence-corrected chi connectivity index (χ4v) is 4.79. The first-order valence-corrected chi connectivity index (χ1v) is 13.8. The molecule has 2 heterocycles. The number of hydrogen-bond acceptors (Lipinski definition) is 8. The van der Waals surface area contributed by atoms with Gasteiger partial charge >= 0.3 is 24.4 Å². The number of alkyl halides is 5. The molecule has 2 aromatic rings. The quantitative estimate of drug-likeness (QED) is 0.344. The van der Waals surface area contributed by atoms with Gasteiger partial charge in [-0.1, -0.05) is 39.3 Å². The number of imidazole rings is 1. The Kier molecular flexibility index (Phi) is 12.0. The van der Waals surface area contributed by atoms with Gasteiger partial charge in [0.2, 0.25) is 0 Å². The Balaban J connectivity index is 0.00000197. The van der Waals surface area contributed by atoms with Crippen LogP contribution in [0.25, 0.3) is 5.82 Å². The summed E-state index contributed by atoms with van der Waals surface area (Å²) in [5.41, 5.74) is -4.00. The Bertz CT molecular complexity index is 1290. The third-order valence-electron chi connectivity index (χ3n) is 7.02. The van der Waals surface area contributed by atoms with Gasteiger partial charge in [-0.15, -0.1) is 0 Å². The van der Waals surface area contributed by atoms with E-state index in [1.54, 1.807) is 6.92 Å². The Morgan fingerprint density at radius 1 is 1.33 bits per heavy atom. The van der Waals surface area contributed by atoms with Crippen molar-refractivity contribution >= 4 is 29.1 Å². The Morgan fingerprint density at radius 3 is 2.48 bits per heavy atom. The van der Waals surface area contributed by atoms with Gasteiger partial charge in [-0.05, 0) is 43.2 Å². The number of halogens is 6.